The molecule has 0 amide bonds. The van der Waals surface area contributed by atoms with Crippen LogP contribution in [0, 0.1) is 6.92 Å². The Morgan fingerprint density at radius 3 is 2.87 bits per heavy atom. The zero-order valence-corrected chi connectivity index (χ0v) is 13.3. The number of benzene rings is 1. The maximum atomic E-state index is 4.54. The minimum atomic E-state index is 0.377. The first-order valence-electron chi connectivity index (χ1n) is 8.14. The second-order valence-corrected chi connectivity index (χ2v) is 6.22. The van der Waals surface area contributed by atoms with Crippen LogP contribution in [-0.2, 0) is 6.54 Å². The molecule has 2 N–H and O–H groups in total. The quantitative estimate of drug-likeness (QED) is 0.776. The fraction of sp³-hybridized carbons (Fsp3) is 0.333. The molecule has 1 aliphatic heterocycles. The zero-order valence-electron chi connectivity index (χ0n) is 13.3. The van der Waals surface area contributed by atoms with Crippen molar-refractivity contribution in [1.82, 2.24) is 25.1 Å². The smallest absolute Gasteiger partial charge is 0.123 e. The van der Waals surface area contributed by atoms with Crippen LogP contribution in [0.1, 0.15) is 36.0 Å². The molecule has 118 valence electrons. The van der Waals surface area contributed by atoms with Gasteiger partial charge in [-0.3, -0.25) is 10.00 Å². The molecule has 0 radical (unpaired) electrons. The SMILES string of the molecule is Cc1cnc([C@@H]2CCCN2Cc2cn[nH]c2-c2ccccc2)[nH]1. The summed E-state index contributed by atoms with van der Waals surface area (Å²) in [6, 6.07) is 10.8. The number of aromatic amines is 2. The Morgan fingerprint density at radius 2 is 2.09 bits per heavy atom. The molecule has 5 heteroatoms. The molecule has 1 aromatic carbocycles. The molecule has 2 aromatic heterocycles. The molecule has 4 rings (SSSR count). The van der Waals surface area contributed by atoms with Crippen molar-refractivity contribution in [2.24, 2.45) is 0 Å². The highest BCUT2D eigenvalue weighted by molar-refractivity contribution is 5.62. The van der Waals surface area contributed by atoms with E-state index < -0.39 is 0 Å². The summed E-state index contributed by atoms with van der Waals surface area (Å²) in [6.45, 7) is 4.05. The van der Waals surface area contributed by atoms with Gasteiger partial charge in [0.05, 0.1) is 17.9 Å². The Kier molecular flexibility index (Phi) is 3.71. The van der Waals surface area contributed by atoms with Crippen LogP contribution in [0.3, 0.4) is 0 Å². The summed E-state index contributed by atoms with van der Waals surface area (Å²) >= 11 is 0. The predicted octanol–water partition coefficient (Wildman–Crippen LogP) is 3.45. The average Bonchev–Trinajstić information content (AvgIpc) is 3.29. The van der Waals surface area contributed by atoms with Crippen molar-refractivity contribution >= 4 is 0 Å². The van der Waals surface area contributed by atoms with Gasteiger partial charge in [0, 0.05) is 24.0 Å². The number of hydrogen-bond acceptors (Lipinski definition) is 3. The average molecular weight is 307 g/mol. The fourth-order valence-corrected chi connectivity index (χ4v) is 3.43. The molecule has 1 fully saturated rings. The molecule has 0 spiro atoms. The molecule has 1 saturated heterocycles. The Bertz CT molecular complexity index is 774. The predicted molar refractivity (Wildman–Crippen MR) is 89.7 cm³/mol. The van der Waals surface area contributed by atoms with E-state index in [0.29, 0.717) is 6.04 Å². The third-order valence-electron chi connectivity index (χ3n) is 4.56. The van der Waals surface area contributed by atoms with Crippen LogP contribution in [0.2, 0.25) is 0 Å². The number of likely N-dealkylation sites (tertiary alicyclic amines) is 1. The van der Waals surface area contributed by atoms with Gasteiger partial charge in [0.15, 0.2) is 0 Å². The molecular weight excluding hydrogens is 286 g/mol. The van der Waals surface area contributed by atoms with Gasteiger partial charge in [-0.15, -0.1) is 0 Å². The summed E-state index contributed by atoms with van der Waals surface area (Å²) in [5.41, 5.74) is 4.67. The van der Waals surface area contributed by atoms with Crippen LogP contribution in [0.25, 0.3) is 11.3 Å². The standard InChI is InChI=1S/C18H21N5/c1-13-10-19-18(21-13)16-8-5-9-23(16)12-15-11-20-22-17(15)14-6-3-2-4-7-14/h2-4,6-7,10-11,16H,5,8-9,12H2,1H3,(H,19,21)(H,20,22)/t16-/m0/s1. The maximum absolute atomic E-state index is 4.54. The third kappa shape index (κ3) is 2.80. The van der Waals surface area contributed by atoms with Gasteiger partial charge in [0.2, 0.25) is 0 Å². The molecule has 0 unspecified atom stereocenters. The van der Waals surface area contributed by atoms with Crippen molar-refractivity contribution in [3.63, 3.8) is 0 Å². The normalized spacial score (nSPS) is 18.6. The molecular formula is C18H21N5. The van der Waals surface area contributed by atoms with E-state index in [-0.39, 0.29) is 0 Å². The highest BCUT2D eigenvalue weighted by atomic mass is 15.2. The van der Waals surface area contributed by atoms with Crippen molar-refractivity contribution in [2.45, 2.75) is 32.4 Å². The van der Waals surface area contributed by atoms with Crippen LogP contribution in [0.4, 0.5) is 0 Å². The van der Waals surface area contributed by atoms with Crippen molar-refractivity contribution in [1.29, 1.82) is 0 Å². The number of imidazole rings is 1. The first kappa shape index (κ1) is 14.2. The number of rotatable bonds is 4. The molecule has 3 heterocycles. The highest BCUT2D eigenvalue weighted by Crippen LogP contribution is 2.33. The lowest BCUT2D eigenvalue weighted by Gasteiger charge is -2.22. The van der Waals surface area contributed by atoms with E-state index in [1.165, 1.54) is 17.5 Å². The van der Waals surface area contributed by atoms with Gasteiger partial charge in [-0.2, -0.15) is 5.10 Å². The number of hydrogen-bond donors (Lipinski definition) is 2. The van der Waals surface area contributed by atoms with Crippen LogP contribution < -0.4 is 0 Å². The van der Waals surface area contributed by atoms with Gasteiger partial charge >= 0.3 is 0 Å². The maximum Gasteiger partial charge on any atom is 0.123 e. The van der Waals surface area contributed by atoms with Crippen LogP contribution in [-0.4, -0.2) is 31.6 Å². The molecule has 3 aromatic rings. The Hall–Kier alpha value is -2.40. The van der Waals surface area contributed by atoms with Crippen molar-refractivity contribution in [3.8, 4) is 11.3 Å². The number of aryl methyl sites for hydroxylation is 1. The highest BCUT2D eigenvalue weighted by Gasteiger charge is 2.28. The summed E-state index contributed by atoms with van der Waals surface area (Å²) in [5, 5.41) is 7.42. The monoisotopic (exact) mass is 307 g/mol. The minimum Gasteiger partial charge on any atom is -0.345 e. The van der Waals surface area contributed by atoms with E-state index in [1.807, 2.05) is 18.5 Å². The zero-order chi connectivity index (χ0) is 15.6. The van der Waals surface area contributed by atoms with Crippen LogP contribution in [0.15, 0.2) is 42.7 Å². The molecule has 0 aliphatic carbocycles. The van der Waals surface area contributed by atoms with Gasteiger partial charge < -0.3 is 4.98 Å². The summed E-state index contributed by atoms with van der Waals surface area (Å²) < 4.78 is 0. The molecule has 1 atom stereocenters. The second kappa shape index (κ2) is 6.01. The summed E-state index contributed by atoms with van der Waals surface area (Å²) in [6.07, 6.45) is 6.23. The lowest BCUT2D eigenvalue weighted by molar-refractivity contribution is 0.241. The molecule has 5 nitrogen and oxygen atoms in total. The Balaban J connectivity index is 1.58. The first-order chi connectivity index (χ1) is 11.3. The van der Waals surface area contributed by atoms with Crippen LogP contribution >= 0.6 is 0 Å². The summed E-state index contributed by atoms with van der Waals surface area (Å²) in [5.74, 6) is 1.09. The molecule has 1 aliphatic rings. The van der Waals surface area contributed by atoms with Gasteiger partial charge in [0.1, 0.15) is 5.82 Å². The molecule has 0 saturated carbocycles. The van der Waals surface area contributed by atoms with E-state index in [4.69, 9.17) is 0 Å². The number of H-pyrrole nitrogens is 2. The first-order valence-corrected chi connectivity index (χ1v) is 8.14. The second-order valence-electron chi connectivity index (χ2n) is 6.22. The fourth-order valence-electron chi connectivity index (χ4n) is 3.43. The van der Waals surface area contributed by atoms with Crippen LogP contribution in [0.5, 0.6) is 0 Å². The van der Waals surface area contributed by atoms with Crippen molar-refractivity contribution in [2.75, 3.05) is 6.54 Å². The van der Waals surface area contributed by atoms with E-state index in [2.05, 4.69) is 56.3 Å². The molecule has 23 heavy (non-hydrogen) atoms. The summed E-state index contributed by atoms with van der Waals surface area (Å²) in [4.78, 5) is 10.4. The topological polar surface area (TPSA) is 60.6 Å². The van der Waals surface area contributed by atoms with Gasteiger partial charge in [-0.25, -0.2) is 4.98 Å². The summed E-state index contributed by atoms with van der Waals surface area (Å²) in [7, 11) is 0. The van der Waals surface area contributed by atoms with E-state index >= 15 is 0 Å². The van der Waals surface area contributed by atoms with E-state index in [9.17, 15) is 0 Å². The van der Waals surface area contributed by atoms with Crippen molar-refractivity contribution < 1.29 is 0 Å². The van der Waals surface area contributed by atoms with E-state index in [1.54, 1.807) is 0 Å². The number of aromatic nitrogens is 4. The number of nitrogens with zero attached hydrogens (tertiary/aromatic N) is 3. The number of nitrogens with one attached hydrogen (secondary N) is 2. The van der Waals surface area contributed by atoms with Gasteiger partial charge in [-0.1, -0.05) is 30.3 Å². The third-order valence-corrected chi connectivity index (χ3v) is 4.56. The Labute approximate surface area is 135 Å². The van der Waals surface area contributed by atoms with Gasteiger partial charge in [-0.05, 0) is 31.9 Å². The largest absolute Gasteiger partial charge is 0.345 e. The van der Waals surface area contributed by atoms with E-state index in [0.717, 1.165) is 36.7 Å². The lowest BCUT2D eigenvalue weighted by Crippen LogP contribution is -2.23. The van der Waals surface area contributed by atoms with Crippen molar-refractivity contribution in [3.05, 3.63) is 59.8 Å². The minimum absolute atomic E-state index is 0.377. The lowest BCUT2D eigenvalue weighted by atomic mass is 10.1. The Morgan fingerprint density at radius 1 is 1.22 bits per heavy atom. The van der Waals surface area contributed by atoms with Gasteiger partial charge in [0.25, 0.3) is 0 Å². The molecule has 0 bridgehead atoms.